The molecule has 6 atom stereocenters. The zero-order valence-corrected chi connectivity index (χ0v) is 23.3. The van der Waals surface area contributed by atoms with Crippen LogP contribution in [0, 0.1) is 11.8 Å². The van der Waals surface area contributed by atoms with Crippen molar-refractivity contribution in [3.05, 3.63) is 117 Å². The lowest BCUT2D eigenvalue weighted by atomic mass is 9.96. The van der Waals surface area contributed by atoms with E-state index in [0.29, 0.717) is 35.3 Å². The van der Waals surface area contributed by atoms with Crippen molar-refractivity contribution < 1.29 is 5.11 Å². The van der Waals surface area contributed by atoms with Crippen molar-refractivity contribution in [2.24, 2.45) is 11.8 Å². The van der Waals surface area contributed by atoms with E-state index >= 15 is 0 Å². The molecule has 200 valence electrons. The zero-order chi connectivity index (χ0) is 27.1. The number of hydrogen-bond donors (Lipinski definition) is 3. The minimum absolute atomic E-state index is 0.0158. The highest BCUT2D eigenvalue weighted by atomic mass is 31.1. The summed E-state index contributed by atoms with van der Waals surface area (Å²) in [4.78, 5) is 25.5. The van der Waals surface area contributed by atoms with Crippen molar-refractivity contribution in [2.45, 2.75) is 57.0 Å². The average molecular weight is 539 g/mol. The lowest BCUT2D eigenvalue weighted by molar-refractivity contribution is 0.166. The summed E-state index contributed by atoms with van der Waals surface area (Å²) in [5.74, 6) is 0.891. The minimum atomic E-state index is -0.641. The zero-order valence-electron chi connectivity index (χ0n) is 22.4. The molecule has 2 unspecified atom stereocenters. The van der Waals surface area contributed by atoms with Crippen LogP contribution in [0.4, 0.5) is 11.4 Å². The molecule has 2 aliphatic carbocycles. The maximum atomic E-state index is 12.8. The molecule has 6 rings (SSSR count). The Morgan fingerprint density at radius 3 is 2.08 bits per heavy atom. The fraction of sp³-hybridized carbons (Fsp3) is 0.333. The number of rotatable bonds is 8. The van der Waals surface area contributed by atoms with Gasteiger partial charge in [-0.05, 0) is 66.9 Å². The van der Waals surface area contributed by atoms with Gasteiger partial charge in [0.15, 0.2) is 0 Å². The van der Waals surface area contributed by atoms with E-state index in [-0.39, 0.29) is 6.04 Å². The van der Waals surface area contributed by atoms with E-state index in [1.807, 2.05) is 24.3 Å². The molecule has 1 fully saturated rings. The van der Waals surface area contributed by atoms with Gasteiger partial charge < -0.3 is 15.7 Å². The fourth-order valence-corrected chi connectivity index (χ4v) is 10.2. The van der Waals surface area contributed by atoms with Crippen LogP contribution in [0.1, 0.15) is 43.9 Å². The summed E-state index contributed by atoms with van der Waals surface area (Å²) >= 11 is 0. The third-order valence-electron chi connectivity index (χ3n) is 8.77. The average Bonchev–Trinajstić information content (AvgIpc) is 3.50. The standard InChI is InChI=1S/C33H35N2O3P/c1-20-17-18-25(33(20)39(23-12-5-3-6-13-23)24-14-7-4-8-15-24)21(2)34-29-30(32(38)31(29)37)35-28-26-16-10-9-11-22(26)19-27(28)36/h3-16,20-21,25,27-28,33-36H,17-19H2,1-2H3/t20?,21-,25+,27+,28+,33?/m1/s1. The van der Waals surface area contributed by atoms with Gasteiger partial charge in [-0.25, -0.2) is 0 Å². The van der Waals surface area contributed by atoms with Gasteiger partial charge in [-0.3, -0.25) is 9.59 Å². The van der Waals surface area contributed by atoms with E-state index < -0.39 is 30.9 Å². The lowest BCUT2D eigenvalue weighted by Gasteiger charge is -2.36. The van der Waals surface area contributed by atoms with Gasteiger partial charge in [-0.2, -0.15) is 0 Å². The third-order valence-corrected chi connectivity index (χ3v) is 12.0. The molecular formula is C33H35N2O3P. The first-order valence-corrected chi connectivity index (χ1v) is 15.4. The summed E-state index contributed by atoms with van der Waals surface area (Å²) in [5, 5.41) is 20.2. The fourth-order valence-electron chi connectivity index (χ4n) is 6.79. The van der Waals surface area contributed by atoms with Crippen LogP contribution < -0.4 is 32.1 Å². The van der Waals surface area contributed by atoms with Gasteiger partial charge in [0, 0.05) is 12.5 Å². The highest BCUT2D eigenvalue weighted by Crippen LogP contribution is 2.53. The maximum Gasteiger partial charge on any atom is 0.253 e. The summed E-state index contributed by atoms with van der Waals surface area (Å²) in [7, 11) is -0.608. The van der Waals surface area contributed by atoms with Crippen molar-refractivity contribution in [1.82, 2.24) is 0 Å². The number of aliphatic hydroxyl groups excluding tert-OH is 1. The highest BCUT2D eigenvalue weighted by molar-refractivity contribution is 7.73. The topological polar surface area (TPSA) is 78.4 Å². The number of nitrogens with one attached hydrogen (secondary N) is 2. The first-order chi connectivity index (χ1) is 18.9. The van der Waals surface area contributed by atoms with Gasteiger partial charge in [0.2, 0.25) is 0 Å². The van der Waals surface area contributed by atoms with Crippen molar-refractivity contribution in [3.63, 3.8) is 0 Å². The van der Waals surface area contributed by atoms with Gasteiger partial charge in [-0.15, -0.1) is 0 Å². The van der Waals surface area contributed by atoms with Crippen LogP contribution in [0.15, 0.2) is 94.5 Å². The van der Waals surface area contributed by atoms with E-state index in [0.717, 1.165) is 24.0 Å². The predicted molar refractivity (Wildman–Crippen MR) is 162 cm³/mol. The molecule has 0 amide bonds. The molecule has 5 nitrogen and oxygen atoms in total. The van der Waals surface area contributed by atoms with E-state index in [4.69, 9.17) is 0 Å². The van der Waals surface area contributed by atoms with E-state index in [2.05, 4.69) is 85.1 Å². The highest BCUT2D eigenvalue weighted by Gasteiger charge is 2.43. The normalized spacial score (nSPS) is 25.1. The molecule has 0 heterocycles. The first kappa shape index (κ1) is 26.0. The van der Waals surface area contributed by atoms with Crippen molar-refractivity contribution >= 4 is 29.9 Å². The summed E-state index contributed by atoms with van der Waals surface area (Å²) in [6, 6.07) is 29.1. The molecule has 3 N–H and O–H groups in total. The van der Waals surface area contributed by atoms with E-state index in [9.17, 15) is 14.7 Å². The lowest BCUT2D eigenvalue weighted by Crippen LogP contribution is -2.43. The Morgan fingerprint density at radius 1 is 0.821 bits per heavy atom. The molecule has 4 aromatic carbocycles. The smallest absolute Gasteiger partial charge is 0.253 e. The molecule has 2 aliphatic rings. The van der Waals surface area contributed by atoms with Crippen LogP contribution in [0.2, 0.25) is 0 Å². The number of aliphatic hydroxyl groups is 1. The van der Waals surface area contributed by atoms with Gasteiger partial charge >= 0.3 is 0 Å². The Labute approximate surface area is 230 Å². The van der Waals surface area contributed by atoms with Crippen molar-refractivity contribution in [3.8, 4) is 0 Å². The van der Waals surface area contributed by atoms with Gasteiger partial charge in [0.25, 0.3) is 10.9 Å². The summed E-state index contributed by atoms with van der Waals surface area (Å²) in [5.41, 5.74) is 2.20. The largest absolute Gasteiger partial charge is 0.390 e. The number of fused-ring (bicyclic) bond motifs is 1. The van der Waals surface area contributed by atoms with Crippen molar-refractivity contribution in [2.75, 3.05) is 10.6 Å². The van der Waals surface area contributed by atoms with Crippen LogP contribution in [-0.4, -0.2) is 22.9 Å². The Balaban J connectivity index is 1.27. The molecule has 0 saturated heterocycles. The summed E-state index contributed by atoms with van der Waals surface area (Å²) in [6.07, 6.45) is 2.11. The van der Waals surface area contributed by atoms with Crippen LogP contribution >= 0.6 is 7.92 Å². The second-order valence-electron chi connectivity index (χ2n) is 11.2. The van der Waals surface area contributed by atoms with Crippen molar-refractivity contribution in [1.29, 1.82) is 0 Å². The second-order valence-corrected chi connectivity index (χ2v) is 13.6. The van der Waals surface area contributed by atoms with Gasteiger partial charge in [-0.1, -0.05) is 91.9 Å². The SMILES string of the molecule is CC1CC[C@@H]([C@@H](C)Nc2c(N[C@H]3c4ccccc4C[C@@H]3O)c(=O)c2=O)C1P(c1ccccc1)c1ccccc1. The van der Waals surface area contributed by atoms with Gasteiger partial charge in [0.1, 0.15) is 11.4 Å². The summed E-state index contributed by atoms with van der Waals surface area (Å²) < 4.78 is 0. The monoisotopic (exact) mass is 538 g/mol. The van der Waals surface area contributed by atoms with Gasteiger partial charge in [0.05, 0.1) is 12.1 Å². The quantitative estimate of drug-likeness (QED) is 0.224. The number of benzene rings is 3. The molecule has 0 aliphatic heterocycles. The Kier molecular flexibility index (Phi) is 7.14. The number of hydrogen-bond acceptors (Lipinski definition) is 5. The van der Waals surface area contributed by atoms with Crippen LogP contribution in [0.25, 0.3) is 0 Å². The molecule has 4 aromatic rings. The molecule has 0 bridgehead atoms. The van der Waals surface area contributed by atoms with Crippen LogP contribution in [0.3, 0.4) is 0 Å². The Bertz CT molecular complexity index is 1480. The van der Waals surface area contributed by atoms with Crippen LogP contribution in [0.5, 0.6) is 0 Å². The van der Waals surface area contributed by atoms with E-state index in [1.54, 1.807) is 0 Å². The number of anilines is 2. The first-order valence-electron chi connectivity index (χ1n) is 14.0. The Morgan fingerprint density at radius 2 is 1.41 bits per heavy atom. The molecule has 1 saturated carbocycles. The molecule has 39 heavy (non-hydrogen) atoms. The van der Waals surface area contributed by atoms with Crippen LogP contribution in [-0.2, 0) is 6.42 Å². The molecule has 0 radical (unpaired) electrons. The third kappa shape index (κ3) is 4.73. The molecule has 0 spiro atoms. The predicted octanol–water partition coefficient (Wildman–Crippen LogP) is 4.70. The molecule has 0 aromatic heterocycles. The second kappa shape index (κ2) is 10.7. The Hall–Kier alpha value is -3.27. The minimum Gasteiger partial charge on any atom is -0.390 e. The summed E-state index contributed by atoms with van der Waals surface area (Å²) in [6.45, 7) is 4.52. The molecular weight excluding hydrogens is 503 g/mol. The molecule has 6 heteroatoms. The van der Waals surface area contributed by atoms with E-state index in [1.165, 1.54) is 10.6 Å². The maximum absolute atomic E-state index is 12.8.